The average molecular weight is 476 g/mol. The van der Waals surface area contributed by atoms with Gasteiger partial charge in [0.1, 0.15) is 6.04 Å². The summed E-state index contributed by atoms with van der Waals surface area (Å²) in [6.45, 7) is 7.22. The minimum Gasteiger partial charge on any atom is -0.352 e. The van der Waals surface area contributed by atoms with E-state index in [2.05, 4.69) is 22.3 Å². The minimum absolute atomic E-state index is 0.0410. The molecule has 3 N–H and O–H groups in total. The zero-order valence-electron chi connectivity index (χ0n) is 21.3. The Bertz CT molecular complexity index is 996. The van der Waals surface area contributed by atoms with Crippen LogP contribution in [0.2, 0.25) is 0 Å². The van der Waals surface area contributed by atoms with Crippen LogP contribution in [0.3, 0.4) is 0 Å². The molecule has 1 saturated carbocycles. The third-order valence-corrected chi connectivity index (χ3v) is 7.90. The van der Waals surface area contributed by atoms with E-state index in [0.29, 0.717) is 0 Å². The van der Waals surface area contributed by atoms with Crippen LogP contribution in [-0.2, 0) is 17.6 Å². The largest absolute Gasteiger partial charge is 0.352 e. The molecule has 0 saturated heterocycles. The number of carbonyl (C=O) groups is 2. The van der Waals surface area contributed by atoms with E-state index in [1.807, 2.05) is 50.2 Å². The highest BCUT2D eigenvalue weighted by atomic mass is 16.2. The highest BCUT2D eigenvalue weighted by molar-refractivity contribution is 5.97. The van der Waals surface area contributed by atoms with Crippen molar-refractivity contribution in [2.75, 3.05) is 19.6 Å². The first-order valence-corrected chi connectivity index (χ1v) is 13.4. The quantitative estimate of drug-likeness (QED) is 0.543. The zero-order chi connectivity index (χ0) is 24.8. The molecule has 0 radical (unpaired) electrons. The Morgan fingerprint density at radius 1 is 0.971 bits per heavy atom. The van der Waals surface area contributed by atoms with Gasteiger partial charge >= 0.3 is 0 Å². The number of carbonyl (C=O) groups excluding carboxylic acids is 2. The molecule has 2 aromatic rings. The van der Waals surface area contributed by atoms with Gasteiger partial charge in [0.05, 0.1) is 0 Å². The lowest BCUT2D eigenvalue weighted by atomic mass is 9.84. The number of benzene rings is 2. The molecule has 1 amide bonds. The van der Waals surface area contributed by atoms with Crippen molar-refractivity contribution in [3.05, 3.63) is 70.8 Å². The number of Topliss-reactive ketones (excluding diaryl/α,β-unsaturated/α-hetero) is 1. The summed E-state index contributed by atoms with van der Waals surface area (Å²) in [6.07, 6.45) is 7.71. The Labute approximate surface area is 210 Å². The lowest BCUT2D eigenvalue weighted by Crippen LogP contribution is -2.42. The van der Waals surface area contributed by atoms with E-state index in [4.69, 9.17) is 5.73 Å². The maximum atomic E-state index is 12.6. The number of ketones is 1. The highest BCUT2D eigenvalue weighted by Crippen LogP contribution is 2.28. The molecule has 2 aliphatic rings. The predicted octanol–water partition coefficient (Wildman–Crippen LogP) is 4.69. The van der Waals surface area contributed by atoms with Gasteiger partial charge in [-0.2, -0.15) is 0 Å². The maximum absolute atomic E-state index is 12.6. The molecule has 1 heterocycles. The molecule has 2 aromatic carbocycles. The molecule has 0 bridgehead atoms. The van der Waals surface area contributed by atoms with E-state index < -0.39 is 6.04 Å². The van der Waals surface area contributed by atoms with Gasteiger partial charge < -0.3 is 16.0 Å². The van der Waals surface area contributed by atoms with Gasteiger partial charge in [-0.05, 0) is 80.2 Å². The van der Waals surface area contributed by atoms with Crippen molar-refractivity contribution in [3.8, 4) is 0 Å². The average Bonchev–Trinajstić information content (AvgIpc) is 3.09. The normalized spacial score (nSPS) is 21.7. The molecule has 0 aromatic heterocycles. The minimum atomic E-state index is -0.597. The lowest BCUT2D eigenvalue weighted by Gasteiger charge is -2.31. The Hall–Kier alpha value is -2.50. The summed E-state index contributed by atoms with van der Waals surface area (Å²) in [5, 5.41) is 3.18. The fourth-order valence-corrected chi connectivity index (χ4v) is 5.55. The van der Waals surface area contributed by atoms with Crippen molar-refractivity contribution in [1.29, 1.82) is 0 Å². The molecule has 5 nitrogen and oxygen atoms in total. The van der Waals surface area contributed by atoms with Crippen molar-refractivity contribution >= 4 is 11.7 Å². The standard InChI is InChI=1S/C30H41N3O2/c1-21(2)29(34)26-11-10-23-15-18-33(19-16-25(23)20-26)17-14-22-8-12-27(13-9-22)32-30(35)28(31)24-6-4-3-5-7-24/h3-7,10-11,20-22,27-28H,8-9,12-19,31H2,1-2H3,(H,32,35)/t22-,27-,28-/m1/s1. The van der Waals surface area contributed by atoms with Crippen LogP contribution < -0.4 is 11.1 Å². The summed E-state index contributed by atoms with van der Waals surface area (Å²) in [7, 11) is 0. The molecule has 35 heavy (non-hydrogen) atoms. The number of nitrogens with zero attached hydrogens (tertiary/aromatic N) is 1. The van der Waals surface area contributed by atoms with Gasteiger partial charge in [0.15, 0.2) is 5.78 Å². The fraction of sp³-hybridized carbons (Fsp3) is 0.533. The monoisotopic (exact) mass is 475 g/mol. The predicted molar refractivity (Wildman–Crippen MR) is 141 cm³/mol. The number of nitrogens with two attached hydrogens (primary N) is 1. The lowest BCUT2D eigenvalue weighted by molar-refractivity contribution is -0.123. The van der Waals surface area contributed by atoms with Gasteiger partial charge in [-0.1, -0.05) is 56.3 Å². The Morgan fingerprint density at radius 2 is 1.66 bits per heavy atom. The van der Waals surface area contributed by atoms with Crippen LogP contribution in [0, 0.1) is 11.8 Å². The number of hydrogen-bond acceptors (Lipinski definition) is 4. The Kier molecular flexibility index (Phi) is 8.74. The number of nitrogens with one attached hydrogen (secondary N) is 1. The van der Waals surface area contributed by atoms with Gasteiger partial charge in [0.25, 0.3) is 0 Å². The first-order chi connectivity index (χ1) is 16.9. The third kappa shape index (κ3) is 6.80. The molecule has 0 unspecified atom stereocenters. The first kappa shape index (κ1) is 25.6. The van der Waals surface area contributed by atoms with Crippen LogP contribution >= 0.6 is 0 Å². The third-order valence-electron chi connectivity index (χ3n) is 7.90. The Balaban J connectivity index is 1.19. The zero-order valence-corrected chi connectivity index (χ0v) is 21.3. The van der Waals surface area contributed by atoms with Crippen LogP contribution in [0.5, 0.6) is 0 Å². The fourth-order valence-electron chi connectivity index (χ4n) is 5.55. The number of fused-ring (bicyclic) bond motifs is 1. The van der Waals surface area contributed by atoms with Crippen molar-refractivity contribution < 1.29 is 9.59 Å². The smallest absolute Gasteiger partial charge is 0.241 e. The van der Waals surface area contributed by atoms with E-state index in [1.54, 1.807) is 0 Å². The van der Waals surface area contributed by atoms with Crippen LogP contribution in [0.25, 0.3) is 0 Å². The molecule has 5 heteroatoms. The van der Waals surface area contributed by atoms with Crippen molar-refractivity contribution in [3.63, 3.8) is 0 Å². The number of hydrogen-bond donors (Lipinski definition) is 2. The summed E-state index contributed by atoms with van der Waals surface area (Å²) in [4.78, 5) is 27.6. The molecule has 1 aliphatic carbocycles. The molecule has 1 atom stereocenters. The second-order valence-electron chi connectivity index (χ2n) is 10.7. The molecule has 1 aliphatic heterocycles. The SMILES string of the molecule is CC(C)C(=O)c1ccc2c(c1)CCN(CC[C@H]1CC[C@H](NC(=O)[C@H](N)c3ccccc3)CC1)CC2. The molecule has 1 fully saturated rings. The molecular formula is C30H41N3O2. The van der Waals surface area contributed by atoms with E-state index >= 15 is 0 Å². The van der Waals surface area contributed by atoms with E-state index in [9.17, 15) is 9.59 Å². The second kappa shape index (κ2) is 12.0. The van der Waals surface area contributed by atoms with Crippen LogP contribution in [0.1, 0.15) is 79.0 Å². The van der Waals surface area contributed by atoms with E-state index in [0.717, 1.165) is 62.4 Å². The molecule has 0 spiro atoms. The summed E-state index contributed by atoms with van der Waals surface area (Å²) in [6, 6.07) is 15.6. The topological polar surface area (TPSA) is 75.4 Å². The molecule has 188 valence electrons. The summed E-state index contributed by atoms with van der Waals surface area (Å²) in [5.41, 5.74) is 10.6. The molecule has 4 rings (SSSR count). The summed E-state index contributed by atoms with van der Waals surface area (Å²) >= 11 is 0. The van der Waals surface area contributed by atoms with Gasteiger partial charge in [-0.25, -0.2) is 0 Å². The Morgan fingerprint density at radius 3 is 2.34 bits per heavy atom. The van der Waals surface area contributed by atoms with Crippen molar-refractivity contribution in [2.45, 2.75) is 70.9 Å². The van der Waals surface area contributed by atoms with Gasteiger partial charge in [0.2, 0.25) is 5.91 Å². The van der Waals surface area contributed by atoms with E-state index in [1.165, 1.54) is 30.4 Å². The van der Waals surface area contributed by atoms with Crippen LogP contribution in [0.4, 0.5) is 0 Å². The summed E-state index contributed by atoms with van der Waals surface area (Å²) < 4.78 is 0. The van der Waals surface area contributed by atoms with Gasteiger partial charge in [0, 0.05) is 30.6 Å². The maximum Gasteiger partial charge on any atom is 0.241 e. The van der Waals surface area contributed by atoms with Gasteiger partial charge in [-0.3, -0.25) is 9.59 Å². The molecular weight excluding hydrogens is 434 g/mol. The van der Waals surface area contributed by atoms with Crippen LogP contribution in [-0.4, -0.2) is 42.3 Å². The van der Waals surface area contributed by atoms with Gasteiger partial charge in [-0.15, -0.1) is 0 Å². The highest BCUT2D eigenvalue weighted by Gasteiger charge is 2.25. The van der Waals surface area contributed by atoms with Crippen molar-refractivity contribution in [1.82, 2.24) is 10.2 Å². The van der Waals surface area contributed by atoms with E-state index in [-0.39, 0.29) is 23.7 Å². The first-order valence-electron chi connectivity index (χ1n) is 13.4. The summed E-state index contributed by atoms with van der Waals surface area (Å²) in [5.74, 6) is 0.941. The number of rotatable bonds is 8. The van der Waals surface area contributed by atoms with Crippen LogP contribution in [0.15, 0.2) is 48.5 Å². The second-order valence-corrected chi connectivity index (χ2v) is 10.7. The number of amides is 1. The van der Waals surface area contributed by atoms with Crippen molar-refractivity contribution in [2.24, 2.45) is 17.6 Å².